The molecule has 3 aromatic carbocycles. The summed E-state index contributed by atoms with van der Waals surface area (Å²) in [7, 11) is 1.44. The predicted octanol–water partition coefficient (Wildman–Crippen LogP) is 6.62. The van der Waals surface area contributed by atoms with Gasteiger partial charge in [0.2, 0.25) is 0 Å². The zero-order valence-corrected chi connectivity index (χ0v) is 18.3. The number of hydrogen-bond donors (Lipinski definition) is 1. The lowest BCUT2D eigenvalue weighted by Gasteiger charge is -2.15. The molecule has 0 aromatic heterocycles. The van der Waals surface area contributed by atoms with Crippen LogP contribution in [0.5, 0.6) is 11.5 Å². The number of carbonyl (C=O) groups excluding carboxylic acids is 1. The van der Waals surface area contributed by atoms with Crippen molar-refractivity contribution >= 4 is 27.5 Å². The average Bonchev–Trinajstić information content (AvgIpc) is 2.73. The van der Waals surface area contributed by atoms with Crippen LogP contribution in [0.4, 0.5) is 18.9 Å². The molecule has 8 heteroatoms. The molecule has 0 heterocycles. The molecular formula is C23H19BrF3NO3. The first kappa shape index (κ1) is 22.7. The van der Waals surface area contributed by atoms with Crippen molar-refractivity contribution in [3.63, 3.8) is 0 Å². The first-order chi connectivity index (χ1) is 14.7. The monoisotopic (exact) mass is 493 g/mol. The Balaban J connectivity index is 1.78. The van der Waals surface area contributed by atoms with Crippen molar-refractivity contribution in [3.8, 4) is 11.5 Å². The molecule has 0 fully saturated rings. The van der Waals surface area contributed by atoms with E-state index in [0.717, 1.165) is 23.3 Å². The standard InChI is InChI=1S/C23H19BrF3NO3/c1-14-6-8-15(9-7-14)13-31-21-19(24)10-16(11-20(21)30-2)22(29)28-18-5-3-4-17(12-18)23(25,26)27/h3-12H,13H2,1-2H3,(H,28,29). The predicted molar refractivity (Wildman–Crippen MR) is 116 cm³/mol. The maximum Gasteiger partial charge on any atom is 0.416 e. The fourth-order valence-electron chi connectivity index (χ4n) is 2.81. The minimum absolute atomic E-state index is 0.0367. The van der Waals surface area contributed by atoms with Gasteiger partial charge >= 0.3 is 6.18 Å². The van der Waals surface area contributed by atoms with Crippen LogP contribution >= 0.6 is 15.9 Å². The summed E-state index contributed by atoms with van der Waals surface area (Å²) in [5.74, 6) is 0.151. The minimum atomic E-state index is -4.50. The molecule has 3 aromatic rings. The summed E-state index contributed by atoms with van der Waals surface area (Å²) in [4.78, 5) is 12.6. The van der Waals surface area contributed by atoms with Crippen LogP contribution in [0.3, 0.4) is 0 Å². The van der Waals surface area contributed by atoms with E-state index in [1.165, 1.54) is 31.4 Å². The third-order valence-corrected chi connectivity index (χ3v) is 5.03. The van der Waals surface area contributed by atoms with Crippen LogP contribution in [0, 0.1) is 6.92 Å². The van der Waals surface area contributed by atoms with Crippen LogP contribution in [-0.4, -0.2) is 13.0 Å². The second-order valence-corrected chi connectivity index (χ2v) is 7.65. The lowest BCUT2D eigenvalue weighted by Crippen LogP contribution is -2.13. The smallest absolute Gasteiger partial charge is 0.416 e. The molecule has 162 valence electrons. The van der Waals surface area contributed by atoms with Gasteiger partial charge in [0, 0.05) is 11.3 Å². The highest BCUT2D eigenvalue weighted by Gasteiger charge is 2.30. The zero-order chi connectivity index (χ0) is 22.6. The Morgan fingerprint density at radius 3 is 2.42 bits per heavy atom. The Bertz CT molecular complexity index is 1080. The number of hydrogen-bond acceptors (Lipinski definition) is 3. The largest absolute Gasteiger partial charge is 0.493 e. The van der Waals surface area contributed by atoms with E-state index < -0.39 is 17.6 Å². The van der Waals surface area contributed by atoms with Crippen molar-refractivity contribution in [1.29, 1.82) is 0 Å². The van der Waals surface area contributed by atoms with Crippen LogP contribution in [-0.2, 0) is 12.8 Å². The van der Waals surface area contributed by atoms with Gasteiger partial charge in [-0.2, -0.15) is 13.2 Å². The molecule has 1 amide bonds. The van der Waals surface area contributed by atoms with E-state index >= 15 is 0 Å². The van der Waals surface area contributed by atoms with Crippen LogP contribution in [0.1, 0.15) is 27.0 Å². The van der Waals surface area contributed by atoms with Gasteiger partial charge in [-0.05, 0) is 58.7 Å². The number of carbonyl (C=O) groups is 1. The first-order valence-corrected chi connectivity index (χ1v) is 10.0. The topological polar surface area (TPSA) is 47.6 Å². The quantitative estimate of drug-likeness (QED) is 0.419. The molecule has 0 unspecified atom stereocenters. The maximum atomic E-state index is 12.9. The molecule has 4 nitrogen and oxygen atoms in total. The van der Waals surface area contributed by atoms with Gasteiger partial charge in [-0.3, -0.25) is 4.79 Å². The number of benzene rings is 3. The highest BCUT2D eigenvalue weighted by Crippen LogP contribution is 2.37. The molecule has 3 rings (SSSR count). The van der Waals surface area contributed by atoms with E-state index in [1.807, 2.05) is 31.2 Å². The summed E-state index contributed by atoms with van der Waals surface area (Å²) in [5, 5.41) is 2.48. The number of methoxy groups -OCH3 is 1. The van der Waals surface area contributed by atoms with Gasteiger partial charge in [0.15, 0.2) is 11.5 Å². The summed E-state index contributed by atoms with van der Waals surface area (Å²) in [6, 6.07) is 15.3. The van der Waals surface area contributed by atoms with Crippen LogP contribution < -0.4 is 14.8 Å². The van der Waals surface area contributed by atoms with Crippen LogP contribution in [0.15, 0.2) is 65.1 Å². The van der Waals surface area contributed by atoms with Crippen molar-refractivity contribution in [2.24, 2.45) is 0 Å². The van der Waals surface area contributed by atoms with Crippen molar-refractivity contribution in [1.82, 2.24) is 0 Å². The average molecular weight is 494 g/mol. The molecule has 0 aliphatic carbocycles. The summed E-state index contributed by atoms with van der Waals surface area (Å²) >= 11 is 3.38. The second-order valence-electron chi connectivity index (χ2n) is 6.80. The molecule has 0 atom stereocenters. The van der Waals surface area contributed by atoms with Gasteiger partial charge in [0.05, 0.1) is 17.1 Å². The van der Waals surface area contributed by atoms with Crippen LogP contribution in [0.25, 0.3) is 0 Å². The zero-order valence-electron chi connectivity index (χ0n) is 16.7. The summed E-state index contributed by atoms with van der Waals surface area (Å²) in [6.07, 6.45) is -4.50. The maximum absolute atomic E-state index is 12.9. The number of alkyl halides is 3. The highest BCUT2D eigenvalue weighted by molar-refractivity contribution is 9.10. The van der Waals surface area contributed by atoms with Crippen molar-refractivity contribution < 1.29 is 27.4 Å². The van der Waals surface area contributed by atoms with E-state index in [1.54, 1.807) is 0 Å². The molecule has 31 heavy (non-hydrogen) atoms. The number of amides is 1. The molecule has 0 saturated heterocycles. The number of aryl methyl sites for hydroxylation is 1. The minimum Gasteiger partial charge on any atom is -0.493 e. The Kier molecular flexibility index (Phi) is 6.90. The SMILES string of the molecule is COc1cc(C(=O)Nc2cccc(C(F)(F)F)c2)cc(Br)c1OCc1ccc(C)cc1. The number of rotatable bonds is 6. The molecule has 0 radical (unpaired) electrons. The Labute approximate surface area is 186 Å². The summed E-state index contributed by atoms with van der Waals surface area (Å²) in [6.45, 7) is 2.29. The number of anilines is 1. The van der Waals surface area contributed by atoms with Gasteiger partial charge in [-0.1, -0.05) is 35.9 Å². The Morgan fingerprint density at radius 2 is 1.77 bits per heavy atom. The lowest BCUT2D eigenvalue weighted by atomic mass is 10.1. The van der Waals surface area contributed by atoms with E-state index in [2.05, 4.69) is 21.2 Å². The molecule has 0 saturated carbocycles. The molecule has 0 bridgehead atoms. The van der Waals surface area contributed by atoms with Gasteiger partial charge in [-0.15, -0.1) is 0 Å². The summed E-state index contributed by atoms with van der Waals surface area (Å²) in [5.41, 5.74) is 1.49. The van der Waals surface area contributed by atoms with Crippen molar-refractivity contribution in [2.45, 2.75) is 19.7 Å². The second kappa shape index (κ2) is 9.43. The van der Waals surface area contributed by atoms with Crippen molar-refractivity contribution in [2.75, 3.05) is 12.4 Å². The Hall–Kier alpha value is -3.00. The van der Waals surface area contributed by atoms with Gasteiger partial charge < -0.3 is 14.8 Å². The van der Waals surface area contributed by atoms with E-state index in [9.17, 15) is 18.0 Å². The summed E-state index contributed by atoms with van der Waals surface area (Å²) < 4.78 is 50.4. The van der Waals surface area contributed by atoms with Crippen LogP contribution in [0.2, 0.25) is 0 Å². The molecule has 0 aliphatic rings. The van der Waals surface area contributed by atoms with Gasteiger partial charge in [0.1, 0.15) is 6.61 Å². The van der Waals surface area contributed by atoms with Crippen molar-refractivity contribution in [3.05, 3.63) is 87.4 Å². The Morgan fingerprint density at radius 1 is 1.06 bits per heavy atom. The number of halogens is 4. The molecule has 1 N–H and O–H groups in total. The van der Waals surface area contributed by atoms with E-state index in [0.29, 0.717) is 22.6 Å². The molecular weight excluding hydrogens is 475 g/mol. The normalized spacial score (nSPS) is 11.2. The van der Waals surface area contributed by atoms with E-state index in [4.69, 9.17) is 9.47 Å². The lowest BCUT2D eigenvalue weighted by molar-refractivity contribution is -0.137. The van der Waals surface area contributed by atoms with E-state index in [-0.39, 0.29) is 11.3 Å². The first-order valence-electron chi connectivity index (χ1n) is 9.22. The molecule has 0 aliphatic heterocycles. The fourth-order valence-corrected chi connectivity index (χ4v) is 3.36. The number of nitrogens with one attached hydrogen (secondary N) is 1. The highest BCUT2D eigenvalue weighted by atomic mass is 79.9. The van der Waals surface area contributed by atoms with Gasteiger partial charge in [0.25, 0.3) is 5.91 Å². The van der Waals surface area contributed by atoms with Gasteiger partial charge in [-0.25, -0.2) is 0 Å². The third-order valence-electron chi connectivity index (χ3n) is 4.44. The molecule has 0 spiro atoms. The number of ether oxygens (including phenoxy) is 2. The fraction of sp³-hybridized carbons (Fsp3) is 0.174. The third kappa shape index (κ3) is 5.79.